The molecule has 3 aromatic rings. The fourth-order valence-corrected chi connectivity index (χ4v) is 3.98. The molecular weight excluding hydrogens is 332 g/mol. The van der Waals surface area contributed by atoms with Gasteiger partial charge < -0.3 is 9.47 Å². The maximum absolute atomic E-state index is 13.1. The van der Waals surface area contributed by atoms with Crippen molar-refractivity contribution in [1.29, 1.82) is 0 Å². The summed E-state index contributed by atoms with van der Waals surface area (Å²) >= 11 is 0. The molecule has 0 radical (unpaired) electrons. The topological polar surface area (TPSA) is 25.2 Å². The average Bonchev–Trinajstić information content (AvgIpc) is 3.18. The van der Waals surface area contributed by atoms with Crippen molar-refractivity contribution < 1.29 is 4.79 Å². The lowest BCUT2D eigenvalue weighted by Crippen LogP contribution is -2.42. The van der Waals surface area contributed by atoms with E-state index in [2.05, 4.69) is 83.3 Å². The molecule has 0 saturated heterocycles. The number of benzene rings is 2. The molecule has 3 nitrogen and oxygen atoms in total. The van der Waals surface area contributed by atoms with Gasteiger partial charge in [0, 0.05) is 31.4 Å². The Kier molecular flexibility index (Phi) is 5.10. The zero-order valence-corrected chi connectivity index (χ0v) is 15.8. The van der Waals surface area contributed by atoms with Crippen LogP contribution in [0.2, 0.25) is 0 Å². The Morgan fingerprint density at radius 2 is 1.74 bits per heavy atom. The first-order valence-corrected chi connectivity index (χ1v) is 9.77. The molecule has 0 fully saturated rings. The second-order valence-corrected chi connectivity index (χ2v) is 7.37. The van der Waals surface area contributed by atoms with Crippen molar-refractivity contribution in [1.82, 2.24) is 9.47 Å². The van der Waals surface area contributed by atoms with Crippen molar-refractivity contribution >= 4 is 5.91 Å². The number of aromatic nitrogens is 1. The van der Waals surface area contributed by atoms with E-state index in [-0.39, 0.29) is 11.9 Å². The van der Waals surface area contributed by atoms with Gasteiger partial charge in [0.05, 0.1) is 6.04 Å². The van der Waals surface area contributed by atoms with Gasteiger partial charge in [-0.05, 0) is 43.0 Å². The number of carbonyl (C=O) groups excluding carboxylic acids is 1. The summed E-state index contributed by atoms with van der Waals surface area (Å²) in [5, 5.41) is 0. The maximum atomic E-state index is 13.1. The monoisotopic (exact) mass is 358 g/mol. The normalized spacial score (nSPS) is 16.2. The predicted octanol–water partition coefficient (Wildman–Crippen LogP) is 4.75. The van der Waals surface area contributed by atoms with Gasteiger partial charge in [-0.3, -0.25) is 4.79 Å². The molecule has 1 atom stereocenters. The lowest BCUT2D eigenvalue weighted by atomic mass is 9.99. The van der Waals surface area contributed by atoms with E-state index in [1.54, 1.807) is 0 Å². The summed E-state index contributed by atoms with van der Waals surface area (Å²) in [6, 6.07) is 23.2. The van der Waals surface area contributed by atoms with Gasteiger partial charge in [-0.2, -0.15) is 0 Å². The van der Waals surface area contributed by atoms with E-state index in [1.165, 1.54) is 22.4 Å². The first-order chi connectivity index (χ1) is 13.2. The van der Waals surface area contributed by atoms with E-state index in [9.17, 15) is 4.79 Å². The van der Waals surface area contributed by atoms with Crippen LogP contribution >= 0.6 is 0 Å². The van der Waals surface area contributed by atoms with E-state index in [0.29, 0.717) is 6.42 Å². The molecule has 1 aromatic heterocycles. The highest BCUT2D eigenvalue weighted by Gasteiger charge is 2.31. The van der Waals surface area contributed by atoms with Crippen LogP contribution in [-0.2, 0) is 17.8 Å². The summed E-state index contributed by atoms with van der Waals surface area (Å²) in [6.07, 6.45) is 4.55. The van der Waals surface area contributed by atoms with Crippen molar-refractivity contribution in [3.05, 3.63) is 95.3 Å². The zero-order valence-electron chi connectivity index (χ0n) is 15.8. The molecule has 138 valence electrons. The third kappa shape index (κ3) is 3.82. The second kappa shape index (κ2) is 7.83. The highest BCUT2D eigenvalue weighted by Crippen LogP contribution is 2.32. The van der Waals surface area contributed by atoms with E-state index in [1.807, 2.05) is 6.07 Å². The van der Waals surface area contributed by atoms with Gasteiger partial charge in [0.1, 0.15) is 0 Å². The van der Waals surface area contributed by atoms with Crippen molar-refractivity contribution in [3.63, 3.8) is 0 Å². The lowest BCUT2D eigenvalue weighted by Gasteiger charge is -2.37. The summed E-state index contributed by atoms with van der Waals surface area (Å²) in [4.78, 5) is 15.1. The van der Waals surface area contributed by atoms with Gasteiger partial charge in [0.25, 0.3) is 0 Å². The van der Waals surface area contributed by atoms with Gasteiger partial charge in [-0.25, -0.2) is 0 Å². The van der Waals surface area contributed by atoms with Gasteiger partial charge in [-0.15, -0.1) is 0 Å². The molecule has 3 heteroatoms. The Bertz CT molecular complexity index is 896. The van der Waals surface area contributed by atoms with Gasteiger partial charge in [-0.1, -0.05) is 60.2 Å². The van der Waals surface area contributed by atoms with Gasteiger partial charge >= 0.3 is 0 Å². The predicted molar refractivity (Wildman–Crippen MR) is 109 cm³/mol. The number of amides is 1. The minimum atomic E-state index is 0.0156. The van der Waals surface area contributed by atoms with E-state index in [0.717, 1.165) is 25.9 Å². The Hall–Kier alpha value is -2.81. The van der Waals surface area contributed by atoms with Crippen LogP contribution in [0.25, 0.3) is 0 Å². The van der Waals surface area contributed by atoms with Crippen LogP contribution in [0.3, 0.4) is 0 Å². The quantitative estimate of drug-likeness (QED) is 0.646. The van der Waals surface area contributed by atoms with Crippen LogP contribution in [-0.4, -0.2) is 21.9 Å². The minimum Gasteiger partial charge on any atom is -0.348 e. The second-order valence-electron chi connectivity index (χ2n) is 7.37. The first-order valence-electron chi connectivity index (χ1n) is 9.77. The molecule has 1 aliphatic rings. The van der Waals surface area contributed by atoms with E-state index >= 15 is 0 Å². The molecule has 2 heterocycles. The molecule has 0 N–H and O–H groups in total. The number of nitrogens with zero attached hydrogens (tertiary/aromatic N) is 2. The van der Waals surface area contributed by atoms with Crippen LogP contribution in [0, 0.1) is 6.92 Å². The molecule has 1 amide bonds. The molecule has 4 rings (SSSR count). The highest BCUT2D eigenvalue weighted by molar-refractivity contribution is 5.77. The smallest absolute Gasteiger partial charge is 0.223 e. The summed E-state index contributed by atoms with van der Waals surface area (Å²) in [5.41, 5.74) is 4.97. The summed E-state index contributed by atoms with van der Waals surface area (Å²) in [6.45, 7) is 3.74. The maximum Gasteiger partial charge on any atom is 0.223 e. The van der Waals surface area contributed by atoms with Crippen LogP contribution < -0.4 is 0 Å². The van der Waals surface area contributed by atoms with Crippen LogP contribution in [0.5, 0.6) is 0 Å². The molecule has 1 aliphatic heterocycles. The largest absolute Gasteiger partial charge is 0.348 e. The number of carbonyl (C=O) groups is 1. The zero-order chi connectivity index (χ0) is 18.6. The van der Waals surface area contributed by atoms with Crippen molar-refractivity contribution in [2.45, 2.75) is 38.8 Å². The Morgan fingerprint density at radius 3 is 2.52 bits per heavy atom. The molecule has 0 bridgehead atoms. The molecule has 0 aliphatic carbocycles. The Morgan fingerprint density at radius 1 is 0.963 bits per heavy atom. The third-order valence-electron chi connectivity index (χ3n) is 5.45. The van der Waals surface area contributed by atoms with Crippen molar-refractivity contribution in [2.75, 3.05) is 6.54 Å². The van der Waals surface area contributed by atoms with Gasteiger partial charge in [0.2, 0.25) is 5.91 Å². The molecule has 2 aromatic carbocycles. The summed E-state index contributed by atoms with van der Waals surface area (Å²) in [7, 11) is 0. The number of hydrogen-bond acceptors (Lipinski definition) is 1. The highest BCUT2D eigenvalue weighted by atomic mass is 16.2. The standard InChI is InChI=1S/C24H26N2O/c1-19-12-14-20(15-13-19)7-5-11-23(27)26-18-17-25-16-6-10-22(25)24(26)21-8-3-2-4-9-21/h2-4,6,8-10,12-16,24H,5,7,11,17-18H2,1H3. The van der Waals surface area contributed by atoms with Crippen LogP contribution in [0.1, 0.15) is 41.3 Å². The number of fused-ring (bicyclic) bond motifs is 1. The summed E-state index contributed by atoms with van der Waals surface area (Å²) < 4.78 is 2.27. The van der Waals surface area contributed by atoms with Crippen molar-refractivity contribution in [3.8, 4) is 0 Å². The Labute approximate surface area is 161 Å². The number of aryl methyl sites for hydroxylation is 2. The van der Waals surface area contributed by atoms with Crippen LogP contribution in [0.15, 0.2) is 72.9 Å². The summed E-state index contributed by atoms with van der Waals surface area (Å²) in [5.74, 6) is 0.253. The molecule has 1 unspecified atom stereocenters. The van der Waals surface area contributed by atoms with Gasteiger partial charge in [0.15, 0.2) is 0 Å². The molecule has 27 heavy (non-hydrogen) atoms. The Balaban J connectivity index is 1.47. The van der Waals surface area contributed by atoms with Crippen molar-refractivity contribution in [2.24, 2.45) is 0 Å². The van der Waals surface area contributed by atoms with E-state index in [4.69, 9.17) is 0 Å². The fraction of sp³-hybridized carbons (Fsp3) is 0.292. The van der Waals surface area contributed by atoms with E-state index < -0.39 is 0 Å². The number of rotatable bonds is 5. The number of hydrogen-bond donors (Lipinski definition) is 0. The average molecular weight is 358 g/mol. The minimum absolute atomic E-state index is 0.0156. The molecule has 0 spiro atoms. The van der Waals surface area contributed by atoms with Crippen LogP contribution in [0.4, 0.5) is 0 Å². The molecular formula is C24H26N2O. The SMILES string of the molecule is Cc1ccc(CCCC(=O)N2CCn3cccc3C2c2ccccc2)cc1. The lowest BCUT2D eigenvalue weighted by molar-refractivity contribution is -0.134. The third-order valence-corrected chi connectivity index (χ3v) is 5.45. The molecule has 0 saturated carbocycles. The first kappa shape index (κ1) is 17.6. The fourth-order valence-electron chi connectivity index (χ4n) is 3.98.